The highest BCUT2D eigenvalue weighted by molar-refractivity contribution is 6.32. The van der Waals surface area contributed by atoms with Gasteiger partial charge in [-0.3, -0.25) is 15.2 Å². The second kappa shape index (κ2) is 14.9. The Labute approximate surface area is 279 Å². The lowest BCUT2D eigenvalue weighted by Gasteiger charge is -2.20. The van der Waals surface area contributed by atoms with Gasteiger partial charge < -0.3 is 24.1 Å². The average molecular weight is 683 g/mol. The number of aromatic nitrogens is 6. The highest BCUT2D eigenvalue weighted by Gasteiger charge is 2.51. The minimum atomic E-state index is -1.05. The SMILES string of the molecule is CCCCc1nc(Cl)c(C(=O)N[C@@H](C)C(=O)O[C@H]2CO[C@H]3[C@@H]2OC[C@H]3ON(O)O)n1Cc1ccc(-c2ccccc2-c2nnn[nH]2)cc1. The molecule has 5 atom stereocenters. The third-order valence-corrected chi connectivity index (χ3v) is 8.53. The molecule has 2 aromatic carbocycles. The molecule has 0 bridgehead atoms. The van der Waals surface area contributed by atoms with Gasteiger partial charge in [-0.15, -0.1) is 5.10 Å². The van der Waals surface area contributed by atoms with Crippen molar-refractivity contribution in [1.29, 1.82) is 0 Å². The fraction of sp³-hybridized carbons (Fsp3) is 0.419. The van der Waals surface area contributed by atoms with Crippen molar-refractivity contribution in [1.82, 2.24) is 40.9 Å². The fourth-order valence-electron chi connectivity index (χ4n) is 5.88. The number of nitrogens with one attached hydrogen (secondary N) is 2. The first-order valence-corrected chi connectivity index (χ1v) is 15.9. The molecule has 4 N–H and O–H groups in total. The summed E-state index contributed by atoms with van der Waals surface area (Å²) in [5.41, 5.74) is 3.81. The topological polar surface area (TPSA) is 199 Å². The van der Waals surface area contributed by atoms with Crippen LogP contribution in [0.1, 0.15) is 48.6 Å². The number of rotatable bonds is 13. The summed E-state index contributed by atoms with van der Waals surface area (Å²) >= 11 is 6.56. The smallest absolute Gasteiger partial charge is 0.328 e. The van der Waals surface area contributed by atoms with Gasteiger partial charge in [-0.1, -0.05) is 73.5 Å². The minimum Gasteiger partial charge on any atom is -0.455 e. The quantitative estimate of drug-likeness (QED) is 0.119. The Morgan fingerprint density at radius 3 is 2.50 bits per heavy atom. The molecule has 0 spiro atoms. The van der Waals surface area contributed by atoms with E-state index >= 15 is 0 Å². The van der Waals surface area contributed by atoms with Gasteiger partial charge in [-0.05, 0) is 40.5 Å². The summed E-state index contributed by atoms with van der Waals surface area (Å²) in [6, 6.07) is 14.7. The van der Waals surface area contributed by atoms with Crippen molar-refractivity contribution in [3.63, 3.8) is 0 Å². The van der Waals surface area contributed by atoms with Crippen LogP contribution < -0.4 is 5.32 Å². The predicted octanol–water partition coefficient (Wildman–Crippen LogP) is 2.98. The predicted molar refractivity (Wildman–Crippen MR) is 167 cm³/mol. The van der Waals surface area contributed by atoms with Crippen LogP contribution in [0.25, 0.3) is 22.5 Å². The van der Waals surface area contributed by atoms with Gasteiger partial charge >= 0.3 is 5.97 Å². The molecule has 2 saturated heterocycles. The van der Waals surface area contributed by atoms with Crippen LogP contribution in [0.4, 0.5) is 0 Å². The van der Waals surface area contributed by atoms with Crippen LogP contribution in [0.15, 0.2) is 48.5 Å². The van der Waals surface area contributed by atoms with E-state index in [1.54, 1.807) is 4.57 Å². The highest BCUT2D eigenvalue weighted by Crippen LogP contribution is 2.32. The third kappa shape index (κ3) is 7.24. The minimum absolute atomic E-state index is 0.00649. The van der Waals surface area contributed by atoms with Crippen molar-refractivity contribution in [3.05, 3.63) is 70.8 Å². The molecule has 2 fully saturated rings. The first kappa shape index (κ1) is 33.6. The lowest BCUT2D eigenvalue weighted by molar-refractivity contribution is -0.507. The van der Waals surface area contributed by atoms with E-state index in [-0.39, 0.29) is 24.1 Å². The zero-order chi connectivity index (χ0) is 33.8. The first-order valence-electron chi connectivity index (χ1n) is 15.5. The van der Waals surface area contributed by atoms with Crippen molar-refractivity contribution >= 4 is 23.5 Å². The molecule has 0 unspecified atom stereocenters. The van der Waals surface area contributed by atoms with Crippen molar-refractivity contribution < 1.29 is 39.1 Å². The van der Waals surface area contributed by atoms with Crippen LogP contribution in [0.2, 0.25) is 5.15 Å². The Balaban J connectivity index is 1.15. The van der Waals surface area contributed by atoms with Gasteiger partial charge in [0.05, 0.1) is 18.6 Å². The van der Waals surface area contributed by atoms with Crippen molar-refractivity contribution in [2.45, 2.75) is 70.1 Å². The van der Waals surface area contributed by atoms with Crippen LogP contribution in [0, 0.1) is 0 Å². The zero-order valence-corrected chi connectivity index (χ0v) is 26.9. The molecule has 254 valence electrons. The Hall–Kier alpha value is -4.29. The number of aromatic amines is 1. The molecule has 2 aliphatic rings. The second-order valence-corrected chi connectivity index (χ2v) is 11.9. The van der Waals surface area contributed by atoms with Gasteiger partial charge in [0.2, 0.25) is 0 Å². The fourth-order valence-corrected chi connectivity index (χ4v) is 6.17. The lowest BCUT2D eigenvalue weighted by Crippen LogP contribution is -2.44. The average Bonchev–Trinajstić information content (AvgIpc) is 3.87. The number of tetrazole rings is 1. The van der Waals surface area contributed by atoms with Crippen LogP contribution >= 0.6 is 11.6 Å². The number of fused-ring (bicyclic) bond motifs is 1. The Morgan fingerprint density at radius 2 is 1.81 bits per heavy atom. The number of nitrogens with zero attached hydrogens (tertiary/aromatic N) is 6. The summed E-state index contributed by atoms with van der Waals surface area (Å²) in [5, 5.41) is 34.5. The highest BCUT2D eigenvalue weighted by atomic mass is 35.5. The molecule has 6 rings (SSSR count). The van der Waals surface area contributed by atoms with E-state index in [0.717, 1.165) is 35.1 Å². The maximum atomic E-state index is 13.6. The van der Waals surface area contributed by atoms with Gasteiger partial charge in [0, 0.05) is 18.5 Å². The number of imidazole rings is 1. The lowest BCUT2D eigenvalue weighted by atomic mass is 9.98. The largest absolute Gasteiger partial charge is 0.455 e. The van der Waals surface area contributed by atoms with Crippen LogP contribution in [0.3, 0.4) is 0 Å². The number of ether oxygens (including phenoxy) is 3. The molecular weight excluding hydrogens is 648 g/mol. The summed E-state index contributed by atoms with van der Waals surface area (Å²) in [6.07, 6.45) is -0.534. The molecule has 48 heavy (non-hydrogen) atoms. The molecule has 2 aliphatic heterocycles. The molecule has 2 aromatic heterocycles. The Morgan fingerprint density at radius 1 is 1.10 bits per heavy atom. The number of aryl methyl sites for hydroxylation is 1. The van der Waals surface area contributed by atoms with Gasteiger partial charge in [0.25, 0.3) is 5.91 Å². The molecule has 0 saturated carbocycles. The molecule has 17 heteroatoms. The van der Waals surface area contributed by atoms with E-state index in [9.17, 15) is 9.59 Å². The standard InChI is InChI=1S/C31H35ClN8O8/c1-3-4-9-24-34-28(32)25(30(41)33-17(2)31(42)47-22-15-45-27-23(48-40(43)44)16-46-26(22)27)39(24)14-18-10-12-19(13-11-18)20-7-5-6-8-21(20)29-35-37-38-36-29/h5-8,10-13,17,22-23,26-27,43-44H,3-4,9,14-16H2,1-2H3,(H,33,41)(H,35,36,37,38)/t17-,22-,23+,26+,27+/m0/s1. The number of carbonyl (C=O) groups excluding carboxylic acids is 2. The monoisotopic (exact) mass is 682 g/mol. The van der Waals surface area contributed by atoms with Crippen LogP contribution in [0.5, 0.6) is 0 Å². The number of benzene rings is 2. The van der Waals surface area contributed by atoms with Crippen molar-refractivity contribution in [3.8, 4) is 22.5 Å². The first-order chi connectivity index (χ1) is 23.2. The van der Waals surface area contributed by atoms with E-state index in [4.69, 9.17) is 41.1 Å². The third-order valence-electron chi connectivity index (χ3n) is 8.27. The zero-order valence-electron chi connectivity index (χ0n) is 26.2. The number of hydrogen-bond donors (Lipinski definition) is 4. The van der Waals surface area contributed by atoms with E-state index in [1.165, 1.54) is 6.92 Å². The number of amides is 1. The summed E-state index contributed by atoms with van der Waals surface area (Å²) < 4.78 is 18.6. The molecule has 1 amide bonds. The van der Waals surface area contributed by atoms with E-state index in [0.29, 0.717) is 24.6 Å². The number of H-pyrrole nitrogens is 1. The van der Waals surface area contributed by atoms with E-state index in [1.807, 2.05) is 48.5 Å². The van der Waals surface area contributed by atoms with Gasteiger partial charge in [0.15, 0.2) is 17.1 Å². The van der Waals surface area contributed by atoms with E-state index < -0.39 is 47.7 Å². The Kier molecular flexibility index (Phi) is 10.4. The molecule has 0 aliphatic carbocycles. The molecule has 16 nitrogen and oxygen atoms in total. The second-order valence-electron chi connectivity index (χ2n) is 11.5. The molecule has 4 aromatic rings. The maximum absolute atomic E-state index is 13.6. The molecule has 0 radical (unpaired) electrons. The van der Waals surface area contributed by atoms with Gasteiger partial charge in [-0.2, -0.15) is 0 Å². The van der Waals surface area contributed by atoms with Crippen LogP contribution in [-0.2, 0) is 36.8 Å². The molecule has 4 heterocycles. The normalized spacial score (nSPS) is 21.0. The van der Waals surface area contributed by atoms with E-state index in [2.05, 4.69) is 37.8 Å². The van der Waals surface area contributed by atoms with Gasteiger partial charge in [0.1, 0.15) is 35.9 Å². The van der Waals surface area contributed by atoms with Crippen LogP contribution in [-0.4, -0.2) is 102 Å². The summed E-state index contributed by atoms with van der Waals surface area (Å²) in [5.74, 6) is -0.0712. The number of carbonyl (C=O) groups is 2. The Bertz CT molecular complexity index is 1720. The number of esters is 1. The maximum Gasteiger partial charge on any atom is 0.328 e. The molecular formula is C31H35ClN8O8. The number of unbranched alkanes of at least 4 members (excludes halogenated alkanes) is 1. The van der Waals surface area contributed by atoms with Crippen molar-refractivity contribution in [2.75, 3.05) is 13.2 Å². The summed E-state index contributed by atoms with van der Waals surface area (Å²) in [7, 11) is 0. The van der Waals surface area contributed by atoms with Crippen molar-refractivity contribution in [2.24, 2.45) is 0 Å². The van der Waals surface area contributed by atoms with Gasteiger partial charge in [-0.25, -0.2) is 19.7 Å². The number of hydrogen-bond acceptors (Lipinski definition) is 13. The summed E-state index contributed by atoms with van der Waals surface area (Å²) in [6.45, 7) is 3.90. The summed E-state index contributed by atoms with van der Waals surface area (Å²) in [4.78, 5) is 36.0. The number of halogens is 1.